The molecule has 2 heterocycles. The van der Waals surface area contributed by atoms with Crippen LogP contribution in [0.2, 0.25) is 0 Å². The van der Waals surface area contributed by atoms with Crippen molar-refractivity contribution >= 4 is 11.8 Å². The molecule has 2 atom stereocenters. The van der Waals surface area contributed by atoms with E-state index in [1.807, 2.05) is 4.90 Å². The minimum absolute atomic E-state index is 0.0660. The number of hydrogen-bond donors (Lipinski definition) is 2. The normalized spacial score (nSPS) is 32.2. The molecule has 25 heavy (non-hydrogen) atoms. The zero-order valence-corrected chi connectivity index (χ0v) is 14.6. The molecule has 2 saturated carbocycles. The first kappa shape index (κ1) is 16.6. The first-order valence-corrected chi connectivity index (χ1v) is 9.34. The third kappa shape index (κ3) is 3.42. The summed E-state index contributed by atoms with van der Waals surface area (Å²) >= 11 is 0. The number of amides is 2. The molecule has 1 saturated heterocycles. The van der Waals surface area contributed by atoms with E-state index in [0.717, 1.165) is 44.3 Å². The van der Waals surface area contributed by atoms with Gasteiger partial charge in [-0.3, -0.25) is 9.59 Å². The molecule has 1 unspecified atom stereocenters. The van der Waals surface area contributed by atoms with Crippen LogP contribution in [0.1, 0.15) is 67.6 Å². The van der Waals surface area contributed by atoms with Crippen molar-refractivity contribution in [3.63, 3.8) is 0 Å². The fourth-order valence-corrected chi connectivity index (χ4v) is 3.94. The van der Waals surface area contributed by atoms with E-state index in [1.165, 1.54) is 0 Å². The van der Waals surface area contributed by atoms with E-state index in [4.69, 9.17) is 10.3 Å². The Kier molecular flexibility index (Phi) is 4.27. The number of nitrogens with two attached hydrogens (primary N) is 1. The summed E-state index contributed by atoms with van der Waals surface area (Å²) in [7, 11) is 0. The molecule has 0 bridgehead atoms. The lowest BCUT2D eigenvalue weighted by Crippen LogP contribution is -2.55. The molecule has 7 nitrogen and oxygen atoms in total. The van der Waals surface area contributed by atoms with Crippen LogP contribution in [0.4, 0.5) is 0 Å². The first-order chi connectivity index (χ1) is 12.0. The highest BCUT2D eigenvalue weighted by molar-refractivity contribution is 5.92. The summed E-state index contributed by atoms with van der Waals surface area (Å²) in [5.74, 6) is 1.40. The lowest BCUT2D eigenvalue weighted by Gasteiger charge is -2.42. The van der Waals surface area contributed by atoms with E-state index in [-0.39, 0.29) is 35.9 Å². The van der Waals surface area contributed by atoms with Gasteiger partial charge in [-0.05, 0) is 45.4 Å². The molecule has 2 aliphatic carbocycles. The highest BCUT2D eigenvalue weighted by atomic mass is 16.5. The SMILES string of the molecule is C[C@@H]1CC(NC(=O)c2cc(C3CC3)on2)CCN1C(=O)[C@H]1C[C@@H](N)C1. The van der Waals surface area contributed by atoms with Crippen molar-refractivity contribution in [1.82, 2.24) is 15.4 Å². The molecule has 0 aromatic carbocycles. The third-order valence-electron chi connectivity index (χ3n) is 5.76. The van der Waals surface area contributed by atoms with Gasteiger partial charge in [0, 0.05) is 42.6 Å². The average Bonchev–Trinajstić information content (AvgIpc) is 3.28. The van der Waals surface area contributed by atoms with Crippen LogP contribution in [-0.4, -0.2) is 46.5 Å². The zero-order valence-electron chi connectivity index (χ0n) is 14.6. The maximum atomic E-state index is 12.5. The molecule has 0 radical (unpaired) electrons. The van der Waals surface area contributed by atoms with Crippen LogP contribution in [-0.2, 0) is 4.79 Å². The van der Waals surface area contributed by atoms with Crippen LogP contribution in [0.3, 0.4) is 0 Å². The van der Waals surface area contributed by atoms with E-state index in [0.29, 0.717) is 18.2 Å². The quantitative estimate of drug-likeness (QED) is 0.858. The van der Waals surface area contributed by atoms with Crippen molar-refractivity contribution in [2.24, 2.45) is 11.7 Å². The van der Waals surface area contributed by atoms with Gasteiger partial charge in [0.1, 0.15) is 5.76 Å². The number of aromatic nitrogens is 1. The van der Waals surface area contributed by atoms with Gasteiger partial charge in [0.25, 0.3) is 5.91 Å². The van der Waals surface area contributed by atoms with Gasteiger partial charge < -0.3 is 20.5 Å². The van der Waals surface area contributed by atoms with Crippen LogP contribution in [0.25, 0.3) is 0 Å². The van der Waals surface area contributed by atoms with Gasteiger partial charge in [-0.1, -0.05) is 5.16 Å². The number of likely N-dealkylation sites (tertiary alicyclic amines) is 1. The van der Waals surface area contributed by atoms with Gasteiger partial charge >= 0.3 is 0 Å². The lowest BCUT2D eigenvalue weighted by molar-refractivity contribution is -0.142. The minimum atomic E-state index is -0.183. The summed E-state index contributed by atoms with van der Waals surface area (Å²) in [4.78, 5) is 26.8. The van der Waals surface area contributed by atoms with Crippen LogP contribution in [0.5, 0.6) is 0 Å². The number of hydrogen-bond acceptors (Lipinski definition) is 5. The Balaban J connectivity index is 1.29. The average molecular weight is 346 g/mol. The Morgan fingerprint density at radius 3 is 2.68 bits per heavy atom. The first-order valence-electron chi connectivity index (χ1n) is 9.34. The number of piperidine rings is 1. The van der Waals surface area contributed by atoms with E-state index in [9.17, 15) is 9.59 Å². The molecule has 1 aromatic heterocycles. The number of carbonyl (C=O) groups excluding carboxylic acids is 2. The number of nitrogens with one attached hydrogen (secondary N) is 1. The van der Waals surface area contributed by atoms with E-state index in [2.05, 4.69) is 17.4 Å². The lowest BCUT2D eigenvalue weighted by atomic mass is 9.79. The number of rotatable bonds is 4. The number of carbonyl (C=O) groups is 2. The molecule has 3 aliphatic rings. The minimum Gasteiger partial charge on any atom is -0.360 e. The van der Waals surface area contributed by atoms with Crippen molar-refractivity contribution in [1.29, 1.82) is 0 Å². The van der Waals surface area contributed by atoms with Crippen molar-refractivity contribution in [2.75, 3.05) is 6.54 Å². The van der Waals surface area contributed by atoms with E-state index >= 15 is 0 Å². The summed E-state index contributed by atoms with van der Waals surface area (Å²) in [6, 6.07) is 2.14. The smallest absolute Gasteiger partial charge is 0.273 e. The molecule has 1 aliphatic heterocycles. The van der Waals surface area contributed by atoms with Gasteiger partial charge in [0.2, 0.25) is 5.91 Å². The predicted molar refractivity (Wildman–Crippen MR) is 90.8 cm³/mol. The largest absolute Gasteiger partial charge is 0.360 e. The van der Waals surface area contributed by atoms with Crippen LogP contribution in [0, 0.1) is 5.92 Å². The molecule has 4 rings (SSSR count). The Morgan fingerprint density at radius 1 is 1.28 bits per heavy atom. The second kappa shape index (κ2) is 6.44. The molecule has 3 fully saturated rings. The molecular formula is C18H26N4O3. The molecule has 0 spiro atoms. The molecule has 2 amide bonds. The van der Waals surface area contributed by atoms with Gasteiger partial charge in [-0.15, -0.1) is 0 Å². The standard InChI is InChI=1S/C18H26N4O3/c1-10-6-14(4-5-22(10)18(24)12-7-13(19)8-12)20-17(23)15-9-16(25-21-15)11-2-3-11/h9-14H,2-8,19H2,1H3,(H,20,23)/t10-,12-,13+,14?/m1/s1. The summed E-state index contributed by atoms with van der Waals surface area (Å²) in [5, 5.41) is 6.93. The van der Waals surface area contributed by atoms with E-state index < -0.39 is 0 Å². The molecule has 3 N–H and O–H groups in total. The molecule has 136 valence electrons. The summed E-state index contributed by atoms with van der Waals surface area (Å²) in [5.41, 5.74) is 6.15. The van der Waals surface area contributed by atoms with Crippen LogP contribution < -0.4 is 11.1 Å². The maximum Gasteiger partial charge on any atom is 0.273 e. The van der Waals surface area contributed by atoms with Crippen LogP contribution >= 0.6 is 0 Å². The monoisotopic (exact) mass is 346 g/mol. The van der Waals surface area contributed by atoms with E-state index in [1.54, 1.807) is 6.07 Å². The second-order valence-electron chi connectivity index (χ2n) is 7.89. The van der Waals surface area contributed by atoms with Crippen molar-refractivity contribution in [3.05, 3.63) is 17.5 Å². The highest BCUT2D eigenvalue weighted by Gasteiger charge is 2.38. The fraction of sp³-hybridized carbons (Fsp3) is 0.722. The van der Waals surface area contributed by atoms with Gasteiger partial charge in [-0.25, -0.2) is 0 Å². The Hall–Kier alpha value is -1.89. The van der Waals surface area contributed by atoms with Crippen LogP contribution in [0.15, 0.2) is 10.6 Å². The highest BCUT2D eigenvalue weighted by Crippen LogP contribution is 2.40. The summed E-state index contributed by atoms with van der Waals surface area (Å²) < 4.78 is 5.25. The van der Waals surface area contributed by atoms with Gasteiger partial charge in [0.05, 0.1) is 0 Å². The molecule has 7 heteroatoms. The van der Waals surface area contributed by atoms with Gasteiger partial charge in [0.15, 0.2) is 5.69 Å². The predicted octanol–water partition coefficient (Wildman–Crippen LogP) is 1.40. The Morgan fingerprint density at radius 2 is 2.04 bits per heavy atom. The van der Waals surface area contributed by atoms with Crippen molar-refractivity contribution < 1.29 is 14.1 Å². The summed E-state index contributed by atoms with van der Waals surface area (Å²) in [6.07, 6.45) is 5.38. The zero-order chi connectivity index (χ0) is 17.6. The van der Waals surface area contributed by atoms with Gasteiger partial charge in [-0.2, -0.15) is 0 Å². The van der Waals surface area contributed by atoms with Crippen molar-refractivity contribution in [3.8, 4) is 0 Å². The fourth-order valence-electron chi connectivity index (χ4n) is 3.94. The number of nitrogens with zero attached hydrogens (tertiary/aromatic N) is 2. The Bertz CT molecular complexity index is 663. The van der Waals surface area contributed by atoms with Crippen molar-refractivity contribution in [2.45, 2.75) is 69.5 Å². The third-order valence-corrected chi connectivity index (χ3v) is 5.76. The summed E-state index contributed by atoms with van der Waals surface area (Å²) in [6.45, 7) is 2.74. The molecular weight excluding hydrogens is 320 g/mol. The molecule has 1 aromatic rings. The topological polar surface area (TPSA) is 101 Å². The maximum absolute atomic E-state index is 12.5. The Labute approximate surface area is 147 Å². The second-order valence-corrected chi connectivity index (χ2v) is 7.89.